The van der Waals surface area contributed by atoms with E-state index in [0.717, 1.165) is 31.4 Å². The largest absolute Gasteiger partial charge is 0.469 e. The van der Waals surface area contributed by atoms with Crippen molar-refractivity contribution in [3.05, 3.63) is 24.0 Å². The second kappa shape index (κ2) is 7.06. The number of nitrogens with zero attached hydrogens (tertiary/aromatic N) is 1. The molecule has 6 nitrogen and oxygen atoms in total. The zero-order valence-electron chi connectivity index (χ0n) is 12.3. The first kappa shape index (κ1) is 15.3. The first-order valence-electron chi connectivity index (χ1n) is 7.02. The average Bonchev–Trinajstić information content (AvgIpc) is 2.54. The summed E-state index contributed by atoms with van der Waals surface area (Å²) in [6.45, 7) is 0. The van der Waals surface area contributed by atoms with Crippen LogP contribution in [0, 0.1) is 5.92 Å². The summed E-state index contributed by atoms with van der Waals surface area (Å²) in [4.78, 5) is 26.9. The van der Waals surface area contributed by atoms with Crippen LogP contribution < -0.4 is 5.32 Å². The molecule has 0 bridgehead atoms. The first-order chi connectivity index (χ1) is 10.1. The Hall–Kier alpha value is -2.11. The molecule has 1 fully saturated rings. The third-order valence-electron chi connectivity index (χ3n) is 3.79. The highest BCUT2D eigenvalue weighted by Crippen LogP contribution is 2.27. The second-order valence-electron chi connectivity index (χ2n) is 5.14. The SMILES string of the molecule is COC(=O)c1cc(NC2CCC(C(=O)OC)CC2)ccn1. The molecule has 1 heterocycles. The molecule has 6 heteroatoms. The maximum absolute atomic E-state index is 11.5. The van der Waals surface area contributed by atoms with Crippen molar-refractivity contribution in [3.8, 4) is 0 Å². The van der Waals surface area contributed by atoms with Crippen molar-refractivity contribution in [2.45, 2.75) is 31.7 Å². The number of methoxy groups -OCH3 is 2. The van der Waals surface area contributed by atoms with Crippen LogP contribution in [0.1, 0.15) is 36.2 Å². The molecule has 1 N–H and O–H groups in total. The van der Waals surface area contributed by atoms with Gasteiger partial charge in [-0.2, -0.15) is 0 Å². The molecule has 1 aliphatic rings. The Morgan fingerprint density at radius 1 is 1.19 bits per heavy atom. The van der Waals surface area contributed by atoms with Gasteiger partial charge in [0.05, 0.1) is 20.1 Å². The summed E-state index contributed by atoms with van der Waals surface area (Å²) in [6, 6.07) is 3.79. The summed E-state index contributed by atoms with van der Waals surface area (Å²) < 4.78 is 9.43. The molecule has 0 spiro atoms. The Morgan fingerprint density at radius 3 is 2.52 bits per heavy atom. The lowest BCUT2D eigenvalue weighted by Gasteiger charge is -2.28. The standard InChI is InChI=1S/C15H20N2O4/c1-20-14(18)10-3-5-11(6-4-10)17-12-7-8-16-13(9-12)15(19)21-2/h7-11H,3-6H2,1-2H3,(H,16,17). The van der Waals surface area contributed by atoms with Crippen molar-refractivity contribution >= 4 is 17.6 Å². The van der Waals surface area contributed by atoms with E-state index in [1.165, 1.54) is 14.2 Å². The van der Waals surface area contributed by atoms with Crippen LogP contribution in [0.25, 0.3) is 0 Å². The number of esters is 2. The predicted octanol–water partition coefficient (Wildman–Crippen LogP) is 2.01. The molecule has 0 aliphatic heterocycles. The van der Waals surface area contributed by atoms with Crippen LogP contribution in [-0.4, -0.2) is 37.2 Å². The first-order valence-corrected chi connectivity index (χ1v) is 7.02. The van der Waals surface area contributed by atoms with E-state index in [0.29, 0.717) is 6.04 Å². The zero-order valence-corrected chi connectivity index (χ0v) is 12.3. The second-order valence-corrected chi connectivity index (χ2v) is 5.14. The Morgan fingerprint density at radius 2 is 1.90 bits per heavy atom. The highest BCUT2D eigenvalue weighted by atomic mass is 16.5. The molecule has 114 valence electrons. The van der Waals surface area contributed by atoms with Gasteiger partial charge in [0.15, 0.2) is 0 Å². The number of rotatable bonds is 4. The lowest BCUT2D eigenvalue weighted by atomic mass is 9.86. The molecular weight excluding hydrogens is 272 g/mol. The Kier molecular flexibility index (Phi) is 5.14. The third-order valence-corrected chi connectivity index (χ3v) is 3.79. The summed E-state index contributed by atoms with van der Waals surface area (Å²) in [5.74, 6) is -0.561. The number of hydrogen-bond donors (Lipinski definition) is 1. The van der Waals surface area contributed by atoms with Gasteiger partial charge < -0.3 is 14.8 Å². The number of pyridine rings is 1. The highest BCUT2D eigenvalue weighted by Gasteiger charge is 2.26. The molecule has 1 saturated carbocycles. The van der Waals surface area contributed by atoms with E-state index < -0.39 is 5.97 Å². The number of carbonyl (C=O) groups excluding carboxylic acids is 2. The molecule has 2 rings (SSSR count). The number of anilines is 1. The van der Waals surface area contributed by atoms with Gasteiger partial charge in [-0.15, -0.1) is 0 Å². The van der Waals surface area contributed by atoms with E-state index in [-0.39, 0.29) is 17.6 Å². The summed E-state index contributed by atoms with van der Waals surface area (Å²) >= 11 is 0. The highest BCUT2D eigenvalue weighted by molar-refractivity contribution is 5.88. The van der Waals surface area contributed by atoms with Crippen molar-refractivity contribution in [1.82, 2.24) is 4.98 Å². The summed E-state index contributed by atoms with van der Waals surface area (Å²) in [7, 11) is 2.76. The minimum absolute atomic E-state index is 0.0103. The molecular formula is C15H20N2O4. The molecule has 0 atom stereocenters. The van der Waals surface area contributed by atoms with E-state index in [2.05, 4.69) is 15.0 Å². The van der Waals surface area contributed by atoms with Crippen molar-refractivity contribution in [3.63, 3.8) is 0 Å². The van der Waals surface area contributed by atoms with Gasteiger partial charge in [-0.25, -0.2) is 9.78 Å². The average molecular weight is 292 g/mol. The van der Waals surface area contributed by atoms with Crippen molar-refractivity contribution in [2.24, 2.45) is 5.92 Å². The fourth-order valence-corrected chi connectivity index (χ4v) is 2.61. The molecule has 1 aliphatic carbocycles. The predicted molar refractivity (Wildman–Crippen MR) is 77.0 cm³/mol. The van der Waals surface area contributed by atoms with Crippen LogP contribution in [0.3, 0.4) is 0 Å². The lowest BCUT2D eigenvalue weighted by molar-refractivity contribution is -0.146. The van der Waals surface area contributed by atoms with Gasteiger partial charge in [-0.05, 0) is 37.8 Å². The van der Waals surface area contributed by atoms with Gasteiger partial charge in [0.25, 0.3) is 0 Å². The number of carbonyl (C=O) groups is 2. The van der Waals surface area contributed by atoms with Crippen LogP contribution in [0.5, 0.6) is 0 Å². The smallest absolute Gasteiger partial charge is 0.356 e. The normalized spacial score (nSPS) is 21.4. The third kappa shape index (κ3) is 3.93. The molecule has 1 aromatic rings. The van der Waals surface area contributed by atoms with Crippen LogP contribution in [0.15, 0.2) is 18.3 Å². The van der Waals surface area contributed by atoms with Gasteiger partial charge >= 0.3 is 11.9 Å². The topological polar surface area (TPSA) is 77.5 Å². The monoisotopic (exact) mass is 292 g/mol. The summed E-state index contributed by atoms with van der Waals surface area (Å²) in [5.41, 5.74) is 1.12. The van der Waals surface area contributed by atoms with E-state index in [1.54, 1.807) is 12.3 Å². The van der Waals surface area contributed by atoms with Crippen LogP contribution >= 0.6 is 0 Å². The minimum Gasteiger partial charge on any atom is -0.469 e. The van der Waals surface area contributed by atoms with Crippen LogP contribution in [0.4, 0.5) is 5.69 Å². The van der Waals surface area contributed by atoms with Crippen LogP contribution in [0.2, 0.25) is 0 Å². The van der Waals surface area contributed by atoms with Gasteiger partial charge in [0.1, 0.15) is 5.69 Å². The fraction of sp³-hybridized carbons (Fsp3) is 0.533. The summed E-state index contributed by atoms with van der Waals surface area (Å²) in [6.07, 6.45) is 5.01. The Bertz CT molecular complexity index is 510. The maximum atomic E-state index is 11.5. The van der Waals surface area contributed by atoms with Crippen LogP contribution in [-0.2, 0) is 14.3 Å². The molecule has 21 heavy (non-hydrogen) atoms. The van der Waals surface area contributed by atoms with E-state index in [4.69, 9.17) is 4.74 Å². The molecule has 0 aromatic carbocycles. The molecule has 0 amide bonds. The van der Waals surface area contributed by atoms with Crippen molar-refractivity contribution in [1.29, 1.82) is 0 Å². The van der Waals surface area contributed by atoms with Gasteiger partial charge in [-0.1, -0.05) is 0 Å². The van der Waals surface area contributed by atoms with Crippen molar-refractivity contribution in [2.75, 3.05) is 19.5 Å². The Balaban J connectivity index is 1.92. The number of aromatic nitrogens is 1. The lowest BCUT2D eigenvalue weighted by Crippen LogP contribution is -2.30. The van der Waals surface area contributed by atoms with E-state index >= 15 is 0 Å². The van der Waals surface area contributed by atoms with E-state index in [1.807, 2.05) is 6.07 Å². The molecule has 0 unspecified atom stereocenters. The van der Waals surface area contributed by atoms with Gasteiger partial charge in [0.2, 0.25) is 0 Å². The maximum Gasteiger partial charge on any atom is 0.356 e. The van der Waals surface area contributed by atoms with Gasteiger partial charge in [0, 0.05) is 17.9 Å². The molecule has 1 aromatic heterocycles. The quantitative estimate of drug-likeness (QED) is 0.855. The summed E-state index contributed by atoms with van der Waals surface area (Å²) in [5, 5.41) is 3.38. The number of nitrogens with one attached hydrogen (secondary N) is 1. The van der Waals surface area contributed by atoms with Gasteiger partial charge in [-0.3, -0.25) is 4.79 Å². The molecule has 0 radical (unpaired) electrons. The zero-order chi connectivity index (χ0) is 15.2. The van der Waals surface area contributed by atoms with Crippen molar-refractivity contribution < 1.29 is 19.1 Å². The van der Waals surface area contributed by atoms with E-state index in [9.17, 15) is 9.59 Å². The number of hydrogen-bond acceptors (Lipinski definition) is 6. The fourth-order valence-electron chi connectivity index (χ4n) is 2.61. The number of ether oxygens (including phenoxy) is 2. The minimum atomic E-state index is -0.451. The molecule has 0 saturated heterocycles. The Labute approximate surface area is 123 Å².